The number of benzene rings is 2. The Labute approximate surface area is 168 Å². The molecule has 0 atom stereocenters. The van der Waals surface area contributed by atoms with Gasteiger partial charge in [-0.3, -0.25) is 4.79 Å². The molecule has 5 heteroatoms. The lowest BCUT2D eigenvalue weighted by Gasteiger charge is -2.07. The smallest absolute Gasteiger partial charge is 0.262 e. The first-order valence-electron chi connectivity index (χ1n) is 9.50. The van der Waals surface area contributed by atoms with Crippen LogP contribution in [0.2, 0.25) is 0 Å². The SMILES string of the molecule is CC(C)c1ccc(N=c2oc3ccccc3cc2C(=O)Nc2ccccn2)cc1. The quantitative estimate of drug-likeness (QED) is 0.510. The molecule has 4 aromatic rings. The molecule has 1 amide bonds. The van der Waals surface area contributed by atoms with Crippen molar-refractivity contribution in [3.63, 3.8) is 0 Å². The minimum Gasteiger partial charge on any atom is -0.438 e. The molecule has 5 nitrogen and oxygen atoms in total. The van der Waals surface area contributed by atoms with E-state index in [1.54, 1.807) is 24.4 Å². The topological polar surface area (TPSA) is 67.5 Å². The van der Waals surface area contributed by atoms with Gasteiger partial charge in [0.05, 0.1) is 5.69 Å². The molecule has 0 unspecified atom stereocenters. The number of carbonyl (C=O) groups excluding carboxylic acids is 1. The third-order valence-corrected chi connectivity index (χ3v) is 4.60. The van der Waals surface area contributed by atoms with Crippen molar-refractivity contribution in [2.45, 2.75) is 19.8 Å². The van der Waals surface area contributed by atoms with Crippen LogP contribution in [-0.4, -0.2) is 10.9 Å². The van der Waals surface area contributed by atoms with E-state index in [2.05, 4.69) is 29.1 Å². The average molecular weight is 383 g/mol. The number of nitrogens with zero attached hydrogens (tertiary/aromatic N) is 2. The molecule has 144 valence electrons. The molecule has 2 aromatic carbocycles. The van der Waals surface area contributed by atoms with E-state index in [9.17, 15) is 4.79 Å². The van der Waals surface area contributed by atoms with Gasteiger partial charge in [-0.1, -0.05) is 50.2 Å². The van der Waals surface area contributed by atoms with Gasteiger partial charge in [-0.2, -0.15) is 0 Å². The number of hydrogen-bond acceptors (Lipinski definition) is 4. The van der Waals surface area contributed by atoms with Gasteiger partial charge < -0.3 is 9.73 Å². The second-order valence-electron chi connectivity index (χ2n) is 7.03. The highest BCUT2D eigenvalue weighted by atomic mass is 16.3. The zero-order valence-corrected chi connectivity index (χ0v) is 16.3. The summed E-state index contributed by atoms with van der Waals surface area (Å²) >= 11 is 0. The van der Waals surface area contributed by atoms with Crippen molar-refractivity contribution in [2.75, 3.05) is 5.32 Å². The number of carbonyl (C=O) groups is 1. The fourth-order valence-corrected chi connectivity index (χ4v) is 2.99. The van der Waals surface area contributed by atoms with Crippen LogP contribution < -0.4 is 10.9 Å². The molecule has 0 saturated carbocycles. The van der Waals surface area contributed by atoms with Crippen LogP contribution in [0.3, 0.4) is 0 Å². The predicted octanol–water partition coefficient (Wildman–Crippen LogP) is 5.44. The normalized spacial score (nSPS) is 11.8. The molecule has 0 aliphatic heterocycles. The molecule has 0 radical (unpaired) electrons. The van der Waals surface area contributed by atoms with E-state index < -0.39 is 0 Å². The van der Waals surface area contributed by atoms with Crippen LogP contribution in [-0.2, 0) is 0 Å². The highest BCUT2D eigenvalue weighted by Gasteiger charge is 2.13. The highest BCUT2D eigenvalue weighted by molar-refractivity contribution is 6.04. The molecule has 0 aliphatic carbocycles. The van der Waals surface area contributed by atoms with Crippen molar-refractivity contribution < 1.29 is 9.21 Å². The Kier molecular flexibility index (Phi) is 5.20. The van der Waals surface area contributed by atoms with E-state index in [0.717, 1.165) is 11.1 Å². The Hall–Kier alpha value is -3.73. The third kappa shape index (κ3) is 4.24. The molecule has 29 heavy (non-hydrogen) atoms. The maximum absolute atomic E-state index is 12.9. The van der Waals surface area contributed by atoms with Gasteiger partial charge in [-0.25, -0.2) is 9.98 Å². The lowest BCUT2D eigenvalue weighted by molar-refractivity contribution is 0.102. The number of anilines is 1. The second kappa shape index (κ2) is 8.10. The number of fused-ring (bicyclic) bond motifs is 1. The monoisotopic (exact) mass is 383 g/mol. The molecule has 0 bridgehead atoms. The molecule has 0 spiro atoms. The Morgan fingerprint density at radius 2 is 1.76 bits per heavy atom. The van der Waals surface area contributed by atoms with Crippen molar-refractivity contribution in [3.8, 4) is 0 Å². The van der Waals surface area contributed by atoms with E-state index in [1.807, 2.05) is 54.6 Å². The maximum Gasteiger partial charge on any atom is 0.262 e. The number of rotatable bonds is 4. The van der Waals surface area contributed by atoms with Gasteiger partial charge in [0.1, 0.15) is 17.0 Å². The van der Waals surface area contributed by atoms with Crippen LogP contribution in [0.15, 0.2) is 88.4 Å². The number of amides is 1. The minimum atomic E-state index is -0.323. The molecule has 0 fully saturated rings. The number of hydrogen-bond donors (Lipinski definition) is 1. The van der Waals surface area contributed by atoms with Crippen molar-refractivity contribution in [2.24, 2.45) is 4.99 Å². The zero-order chi connectivity index (χ0) is 20.2. The third-order valence-electron chi connectivity index (χ3n) is 4.60. The summed E-state index contributed by atoms with van der Waals surface area (Å²) in [5, 5.41) is 3.63. The summed E-state index contributed by atoms with van der Waals surface area (Å²) in [6.45, 7) is 4.29. The lowest BCUT2D eigenvalue weighted by atomic mass is 10.0. The van der Waals surface area contributed by atoms with Gasteiger partial charge in [-0.05, 0) is 47.9 Å². The van der Waals surface area contributed by atoms with Crippen LogP contribution in [0.25, 0.3) is 11.0 Å². The zero-order valence-electron chi connectivity index (χ0n) is 16.3. The van der Waals surface area contributed by atoms with Crippen molar-refractivity contribution in [3.05, 3.63) is 95.7 Å². The van der Waals surface area contributed by atoms with Gasteiger partial charge in [0.25, 0.3) is 5.91 Å². The van der Waals surface area contributed by atoms with E-state index in [0.29, 0.717) is 22.9 Å². The van der Waals surface area contributed by atoms with Crippen LogP contribution >= 0.6 is 0 Å². The standard InChI is InChI=1S/C24H21N3O2/c1-16(2)17-10-12-19(13-11-17)26-24-20(15-18-7-3-4-8-21(18)29-24)23(28)27-22-9-5-6-14-25-22/h3-16H,1-2H3,(H,25,27,28). The van der Waals surface area contributed by atoms with E-state index in [-0.39, 0.29) is 11.5 Å². The summed E-state index contributed by atoms with van der Waals surface area (Å²) in [6.07, 6.45) is 1.63. The molecule has 0 saturated heterocycles. The minimum absolute atomic E-state index is 0.259. The summed E-state index contributed by atoms with van der Waals surface area (Å²) in [4.78, 5) is 21.7. The molecular formula is C24H21N3O2. The fourth-order valence-electron chi connectivity index (χ4n) is 2.99. The van der Waals surface area contributed by atoms with Crippen LogP contribution in [0.5, 0.6) is 0 Å². The molecule has 2 aromatic heterocycles. The van der Waals surface area contributed by atoms with Gasteiger partial charge >= 0.3 is 0 Å². The molecule has 4 rings (SSSR count). The van der Waals surface area contributed by atoms with Gasteiger partial charge in [0.2, 0.25) is 5.55 Å². The largest absolute Gasteiger partial charge is 0.438 e. The lowest BCUT2D eigenvalue weighted by Crippen LogP contribution is -2.22. The number of nitrogens with one attached hydrogen (secondary N) is 1. The van der Waals surface area contributed by atoms with E-state index in [4.69, 9.17) is 4.42 Å². The summed E-state index contributed by atoms with van der Waals surface area (Å²) < 4.78 is 5.99. The molecule has 2 heterocycles. The Bertz CT molecular complexity index is 1210. The molecule has 1 N–H and O–H groups in total. The van der Waals surface area contributed by atoms with Crippen LogP contribution in [0, 0.1) is 0 Å². The maximum atomic E-state index is 12.9. The highest BCUT2D eigenvalue weighted by Crippen LogP contribution is 2.20. The van der Waals surface area contributed by atoms with E-state index >= 15 is 0 Å². The van der Waals surface area contributed by atoms with Gasteiger partial charge in [0.15, 0.2) is 0 Å². The first kappa shape index (κ1) is 18.6. The van der Waals surface area contributed by atoms with Crippen LogP contribution in [0.1, 0.15) is 35.7 Å². The summed E-state index contributed by atoms with van der Waals surface area (Å²) in [5.41, 5.74) is 3.23. The molecular weight excluding hydrogens is 362 g/mol. The van der Waals surface area contributed by atoms with Crippen LogP contribution in [0.4, 0.5) is 11.5 Å². The van der Waals surface area contributed by atoms with Crippen molar-refractivity contribution in [1.82, 2.24) is 4.98 Å². The predicted molar refractivity (Wildman–Crippen MR) is 114 cm³/mol. The van der Waals surface area contributed by atoms with E-state index in [1.165, 1.54) is 5.56 Å². The average Bonchev–Trinajstić information content (AvgIpc) is 2.74. The van der Waals surface area contributed by atoms with Gasteiger partial charge in [0, 0.05) is 11.6 Å². The van der Waals surface area contributed by atoms with Crippen molar-refractivity contribution >= 4 is 28.4 Å². The Balaban J connectivity index is 1.80. The number of aromatic nitrogens is 1. The number of pyridine rings is 1. The first-order valence-corrected chi connectivity index (χ1v) is 9.50. The van der Waals surface area contributed by atoms with Gasteiger partial charge in [-0.15, -0.1) is 0 Å². The summed E-state index contributed by atoms with van der Waals surface area (Å²) in [7, 11) is 0. The first-order chi connectivity index (χ1) is 14.1. The van der Waals surface area contributed by atoms with Crippen molar-refractivity contribution in [1.29, 1.82) is 0 Å². The number of para-hydroxylation sites is 1. The Morgan fingerprint density at radius 1 is 1.00 bits per heavy atom. The summed E-state index contributed by atoms with van der Waals surface area (Å²) in [6, 6.07) is 22.6. The molecule has 0 aliphatic rings. The Morgan fingerprint density at radius 3 is 2.48 bits per heavy atom. The second-order valence-corrected chi connectivity index (χ2v) is 7.03. The summed E-state index contributed by atoms with van der Waals surface area (Å²) in [5.74, 6) is 0.586. The fraction of sp³-hybridized carbons (Fsp3) is 0.125.